The van der Waals surface area contributed by atoms with Gasteiger partial charge in [-0.05, 0) is 40.2 Å². The quantitative estimate of drug-likeness (QED) is 0.736. The van der Waals surface area contributed by atoms with E-state index in [-0.39, 0.29) is 5.54 Å². The van der Waals surface area contributed by atoms with Crippen LogP contribution in [0.3, 0.4) is 0 Å². The summed E-state index contributed by atoms with van der Waals surface area (Å²) in [6.07, 6.45) is 2.77. The molecule has 15 heavy (non-hydrogen) atoms. The SMILES string of the molecule is CC1CN2CCCC2CN1CC(C)(C)N. The third-order valence-corrected chi connectivity index (χ3v) is 3.68. The lowest BCUT2D eigenvalue weighted by Gasteiger charge is -2.44. The molecule has 2 saturated heterocycles. The van der Waals surface area contributed by atoms with Crippen LogP contribution in [-0.2, 0) is 0 Å². The van der Waals surface area contributed by atoms with Crippen LogP contribution in [-0.4, -0.2) is 53.6 Å². The highest BCUT2D eigenvalue weighted by atomic mass is 15.3. The third-order valence-electron chi connectivity index (χ3n) is 3.68. The first kappa shape index (κ1) is 11.4. The summed E-state index contributed by atoms with van der Waals surface area (Å²) in [5, 5.41) is 0. The van der Waals surface area contributed by atoms with Gasteiger partial charge in [-0.1, -0.05) is 0 Å². The molecule has 0 aromatic rings. The molecule has 2 unspecified atom stereocenters. The van der Waals surface area contributed by atoms with Gasteiger partial charge < -0.3 is 5.73 Å². The van der Waals surface area contributed by atoms with E-state index < -0.39 is 0 Å². The van der Waals surface area contributed by atoms with Gasteiger partial charge in [-0.3, -0.25) is 9.80 Å². The summed E-state index contributed by atoms with van der Waals surface area (Å²) in [6.45, 7) is 11.4. The van der Waals surface area contributed by atoms with Crippen molar-refractivity contribution in [1.82, 2.24) is 9.80 Å². The Balaban J connectivity index is 1.95. The maximum absolute atomic E-state index is 6.11. The van der Waals surface area contributed by atoms with E-state index in [4.69, 9.17) is 5.73 Å². The Bertz CT molecular complexity index is 221. The zero-order valence-corrected chi connectivity index (χ0v) is 10.4. The monoisotopic (exact) mass is 211 g/mol. The standard InChI is InChI=1S/C12H25N3/c1-10-7-14-6-4-5-11(14)8-15(10)9-12(2,3)13/h10-11H,4-9,13H2,1-3H3. The Morgan fingerprint density at radius 2 is 2.07 bits per heavy atom. The van der Waals surface area contributed by atoms with Crippen LogP contribution in [0.4, 0.5) is 0 Å². The summed E-state index contributed by atoms with van der Waals surface area (Å²) in [4.78, 5) is 5.23. The molecule has 2 heterocycles. The van der Waals surface area contributed by atoms with Gasteiger partial charge in [0.05, 0.1) is 0 Å². The molecule has 2 fully saturated rings. The van der Waals surface area contributed by atoms with Gasteiger partial charge >= 0.3 is 0 Å². The minimum absolute atomic E-state index is 0.0605. The van der Waals surface area contributed by atoms with E-state index in [1.165, 1.54) is 32.5 Å². The van der Waals surface area contributed by atoms with Gasteiger partial charge in [0.2, 0.25) is 0 Å². The summed E-state index contributed by atoms with van der Waals surface area (Å²) >= 11 is 0. The molecule has 0 saturated carbocycles. The van der Waals surface area contributed by atoms with E-state index in [0.29, 0.717) is 6.04 Å². The molecule has 88 valence electrons. The van der Waals surface area contributed by atoms with Crippen molar-refractivity contribution in [1.29, 1.82) is 0 Å². The number of fused-ring (bicyclic) bond motifs is 1. The molecule has 0 aromatic carbocycles. The minimum Gasteiger partial charge on any atom is -0.324 e. The van der Waals surface area contributed by atoms with E-state index in [0.717, 1.165) is 12.6 Å². The second-order valence-electron chi connectivity index (χ2n) is 6.06. The van der Waals surface area contributed by atoms with E-state index in [1.807, 2.05) is 0 Å². The summed E-state index contributed by atoms with van der Waals surface area (Å²) < 4.78 is 0. The van der Waals surface area contributed by atoms with E-state index in [1.54, 1.807) is 0 Å². The van der Waals surface area contributed by atoms with Crippen molar-refractivity contribution in [2.24, 2.45) is 5.73 Å². The zero-order chi connectivity index (χ0) is 11.1. The van der Waals surface area contributed by atoms with Crippen LogP contribution >= 0.6 is 0 Å². The first-order valence-electron chi connectivity index (χ1n) is 6.23. The van der Waals surface area contributed by atoms with Crippen LogP contribution in [0.25, 0.3) is 0 Å². The lowest BCUT2D eigenvalue weighted by atomic mass is 10.0. The Labute approximate surface area is 93.6 Å². The van der Waals surface area contributed by atoms with Crippen LogP contribution in [0.5, 0.6) is 0 Å². The number of hydrogen-bond acceptors (Lipinski definition) is 3. The molecule has 2 atom stereocenters. The number of nitrogens with zero attached hydrogens (tertiary/aromatic N) is 2. The third kappa shape index (κ3) is 2.71. The van der Waals surface area contributed by atoms with Crippen molar-refractivity contribution in [3.05, 3.63) is 0 Å². The second kappa shape index (κ2) is 4.04. The highest BCUT2D eigenvalue weighted by molar-refractivity contribution is 4.92. The molecule has 3 heteroatoms. The topological polar surface area (TPSA) is 32.5 Å². The fourth-order valence-corrected chi connectivity index (χ4v) is 2.99. The average molecular weight is 211 g/mol. The molecule has 2 rings (SSSR count). The van der Waals surface area contributed by atoms with Gasteiger partial charge in [-0.25, -0.2) is 0 Å². The number of nitrogens with two attached hydrogens (primary N) is 1. The number of piperazine rings is 1. The molecule has 2 aliphatic heterocycles. The predicted molar refractivity (Wildman–Crippen MR) is 63.9 cm³/mol. The smallest absolute Gasteiger partial charge is 0.0226 e. The maximum atomic E-state index is 6.11. The Kier molecular flexibility index (Phi) is 3.06. The average Bonchev–Trinajstić information content (AvgIpc) is 2.49. The summed E-state index contributed by atoms with van der Waals surface area (Å²) in [5.74, 6) is 0. The Morgan fingerprint density at radius 3 is 2.73 bits per heavy atom. The predicted octanol–water partition coefficient (Wildman–Crippen LogP) is 0.892. The zero-order valence-electron chi connectivity index (χ0n) is 10.4. The Morgan fingerprint density at radius 1 is 1.33 bits per heavy atom. The van der Waals surface area contributed by atoms with Crippen molar-refractivity contribution >= 4 is 0 Å². The van der Waals surface area contributed by atoms with E-state index in [9.17, 15) is 0 Å². The van der Waals surface area contributed by atoms with Crippen molar-refractivity contribution in [3.8, 4) is 0 Å². The molecule has 3 nitrogen and oxygen atoms in total. The molecule has 2 aliphatic rings. The molecule has 0 aromatic heterocycles. The first-order valence-corrected chi connectivity index (χ1v) is 6.23. The van der Waals surface area contributed by atoms with Gasteiger partial charge in [-0.2, -0.15) is 0 Å². The fraction of sp³-hybridized carbons (Fsp3) is 1.00. The van der Waals surface area contributed by atoms with Gasteiger partial charge in [0, 0.05) is 37.3 Å². The van der Waals surface area contributed by atoms with Crippen LogP contribution in [0, 0.1) is 0 Å². The second-order valence-corrected chi connectivity index (χ2v) is 6.06. The lowest BCUT2D eigenvalue weighted by Crippen LogP contribution is -2.59. The van der Waals surface area contributed by atoms with Gasteiger partial charge in [0.15, 0.2) is 0 Å². The molecule has 0 bridgehead atoms. The lowest BCUT2D eigenvalue weighted by molar-refractivity contribution is 0.0474. The van der Waals surface area contributed by atoms with Crippen molar-refractivity contribution < 1.29 is 0 Å². The summed E-state index contributed by atoms with van der Waals surface area (Å²) in [7, 11) is 0. The highest BCUT2D eigenvalue weighted by Gasteiger charge is 2.35. The molecule has 0 spiro atoms. The number of hydrogen-bond donors (Lipinski definition) is 1. The van der Waals surface area contributed by atoms with E-state index in [2.05, 4.69) is 30.6 Å². The van der Waals surface area contributed by atoms with Gasteiger partial charge in [-0.15, -0.1) is 0 Å². The van der Waals surface area contributed by atoms with Crippen LogP contribution in [0.2, 0.25) is 0 Å². The first-order chi connectivity index (χ1) is 6.96. The van der Waals surface area contributed by atoms with Gasteiger partial charge in [0.25, 0.3) is 0 Å². The summed E-state index contributed by atoms with van der Waals surface area (Å²) in [6, 6.07) is 1.48. The van der Waals surface area contributed by atoms with Crippen LogP contribution in [0.15, 0.2) is 0 Å². The van der Waals surface area contributed by atoms with Crippen LogP contribution < -0.4 is 5.73 Å². The fourth-order valence-electron chi connectivity index (χ4n) is 2.99. The maximum Gasteiger partial charge on any atom is 0.0226 e. The molecule has 0 amide bonds. The van der Waals surface area contributed by atoms with Crippen LogP contribution in [0.1, 0.15) is 33.6 Å². The molecular formula is C12H25N3. The largest absolute Gasteiger partial charge is 0.324 e. The normalized spacial score (nSPS) is 34.4. The number of rotatable bonds is 2. The Hall–Kier alpha value is -0.120. The minimum atomic E-state index is -0.0605. The highest BCUT2D eigenvalue weighted by Crippen LogP contribution is 2.25. The molecule has 0 radical (unpaired) electrons. The molecule has 0 aliphatic carbocycles. The summed E-state index contributed by atoms with van der Waals surface area (Å²) in [5.41, 5.74) is 6.05. The van der Waals surface area contributed by atoms with Crippen molar-refractivity contribution in [3.63, 3.8) is 0 Å². The molecule has 2 N–H and O–H groups in total. The van der Waals surface area contributed by atoms with Crippen molar-refractivity contribution in [2.45, 2.75) is 51.2 Å². The van der Waals surface area contributed by atoms with Gasteiger partial charge in [0.1, 0.15) is 0 Å². The van der Waals surface area contributed by atoms with Crippen molar-refractivity contribution in [2.75, 3.05) is 26.2 Å². The van der Waals surface area contributed by atoms with E-state index >= 15 is 0 Å². The molecular weight excluding hydrogens is 186 g/mol.